The van der Waals surface area contributed by atoms with Crippen molar-refractivity contribution in [2.24, 2.45) is 5.92 Å². The zero-order valence-electron chi connectivity index (χ0n) is 12.4. The zero-order chi connectivity index (χ0) is 16.2. The molecule has 118 valence electrons. The molecule has 21 heavy (non-hydrogen) atoms. The fourth-order valence-electron chi connectivity index (χ4n) is 2.35. The van der Waals surface area contributed by atoms with Gasteiger partial charge in [0.15, 0.2) is 4.90 Å². The molecule has 0 aromatic heterocycles. The van der Waals surface area contributed by atoms with Gasteiger partial charge in [0.1, 0.15) is 5.69 Å². The predicted molar refractivity (Wildman–Crippen MR) is 81.4 cm³/mol. The minimum atomic E-state index is -3.99. The molecule has 0 radical (unpaired) electrons. The highest BCUT2D eigenvalue weighted by atomic mass is 32.2. The molecular weight excluding hydrogens is 294 g/mol. The smallest absolute Gasteiger partial charge is 0.312 e. The lowest BCUT2D eigenvalue weighted by atomic mass is 9.96. The van der Waals surface area contributed by atoms with Crippen LogP contribution in [0.4, 0.5) is 11.4 Å². The van der Waals surface area contributed by atoms with Crippen molar-refractivity contribution in [2.75, 3.05) is 5.73 Å². The van der Waals surface area contributed by atoms with Gasteiger partial charge in [-0.1, -0.05) is 32.8 Å². The number of para-hydroxylation sites is 1. The van der Waals surface area contributed by atoms with Gasteiger partial charge in [0.05, 0.1) is 4.92 Å². The topological polar surface area (TPSA) is 115 Å². The first-order valence-electron chi connectivity index (χ1n) is 6.79. The Balaban J connectivity index is 3.21. The third kappa shape index (κ3) is 3.92. The van der Waals surface area contributed by atoms with Crippen LogP contribution in [0.15, 0.2) is 23.1 Å². The Morgan fingerprint density at radius 3 is 2.38 bits per heavy atom. The molecule has 0 heterocycles. The van der Waals surface area contributed by atoms with Crippen molar-refractivity contribution in [1.29, 1.82) is 0 Å². The first kappa shape index (κ1) is 17.4. The van der Waals surface area contributed by atoms with Gasteiger partial charge in [0.25, 0.3) is 0 Å². The molecule has 0 aliphatic heterocycles. The van der Waals surface area contributed by atoms with Gasteiger partial charge in [0.2, 0.25) is 10.0 Å². The minimum Gasteiger partial charge on any atom is -0.393 e. The van der Waals surface area contributed by atoms with Gasteiger partial charge in [-0.15, -0.1) is 0 Å². The summed E-state index contributed by atoms with van der Waals surface area (Å²) in [6, 6.07) is 3.57. The predicted octanol–water partition coefficient (Wildman–Crippen LogP) is 2.28. The number of rotatable bonds is 7. The number of hydrogen-bond acceptors (Lipinski definition) is 5. The van der Waals surface area contributed by atoms with Crippen LogP contribution in [0.25, 0.3) is 0 Å². The van der Waals surface area contributed by atoms with E-state index in [9.17, 15) is 18.5 Å². The average molecular weight is 315 g/mol. The Bertz CT molecular complexity index is 612. The van der Waals surface area contributed by atoms with Gasteiger partial charge in [0, 0.05) is 6.04 Å². The summed E-state index contributed by atoms with van der Waals surface area (Å²) in [5.74, 6) is 0.167. The Labute approximate surface area is 124 Å². The van der Waals surface area contributed by atoms with Gasteiger partial charge in [-0.3, -0.25) is 10.1 Å². The standard InChI is InChI=1S/C13H21N3O4S/c1-4-10(5-2)9(3)15-21(19,20)12-8-6-7-11(14)13(12)16(17)18/h6-10,15H,4-5,14H2,1-3H3. The van der Waals surface area contributed by atoms with E-state index in [-0.39, 0.29) is 17.6 Å². The lowest BCUT2D eigenvalue weighted by Crippen LogP contribution is -2.38. The molecule has 3 N–H and O–H groups in total. The SMILES string of the molecule is CCC(CC)C(C)NS(=O)(=O)c1cccc(N)c1[N+](=O)[O-]. The van der Waals surface area contributed by atoms with Gasteiger partial charge in [-0.25, -0.2) is 13.1 Å². The van der Waals surface area contributed by atoms with Crippen LogP contribution < -0.4 is 10.5 Å². The number of benzene rings is 1. The van der Waals surface area contributed by atoms with E-state index in [1.54, 1.807) is 6.92 Å². The second-order valence-electron chi connectivity index (χ2n) is 4.94. The first-order valence-corrected chi connectivity index (χ1v) is 8.28. The number of nitrogen functional groups attached to an aromatic ring is 1. The maximum absolute atomic E-state index is 12.4. The summed E-state index contributed by atoms with van der Waals surface area (Å²) in [6.07, 6.45) is 1.64. The molecule has 1 aromatic rings. The molecule has 7 nitrogen and oxygen atoms in total. The monoisotopic (exact) mass is 315 g/mol. The molecule has 1 unspecified atom stereocenters. The van der Waals surface area contributed by atoms with Crippen molar-refractivity contribution >= 4 is 21.4 Å². The molecule has 1 rings (SSSR count). The minimum absolute atomic E-state index is 0.167. The van der Waals surface area contributed by atoms with Gasteiger partial charge < -0.3 is 5.73 Å². The van der Waals surface area contributed by atoms with Crippen LogP contribution in [-0.2, 0) is 10.0 Å². The van der Waals surface area contributed by atoms with Crippen molar-refractivity contribution in [2.45, 2.75) is 44.6 Å². The molecule has 8 heteroatoms. The van der Waals surface area contributed by atoms with E-state index in [4.69, 9.17) is 5.73 Å². The van der Waals surface area contributed by atoms with Crippen LogP contribution >= 0.6 is 0 Å². The van der Waals surface area contributed by atoms with Crippen LogP contribution in [0, 0.1) is 16.0 Å². The summed E-state index contributed by atoms with van der Waals surface area (Å²) in [7, 11) is -3.99. The van der Waals surface area contributed by atoms with Crippen molar-refractivity contribution in [3.63, 3.8) is 0 Å². The van der Waals surface area contributed by atoms with E-state index in [1.807, 2.05) is 13.8 Å². The zero-order valence-corrected chi connectivity index (χ0v) is 13.2. The average Bonchev–Trinajstić information content (AvgIpc) is 2.38. The van der Waals surface area contributed by atoms with Crippen molar-refractivity contribution in [3.8, 4) is 0 Å². The fraction of sp³-hybridized carbons (Fsp3) is 0.538. The molecule has 0 saturated heterocycles. The third-order valence-corrected chi connectivity index (χ3v) is 5.19. The van der Waals surface area contributed by atoms with E-state index >= 15 is 0 Å². The lowest BCUT2D eigenvalue weighted by Gasteiger charge is -2.22. The van der Waals surface area contributed by atoms with Gasteiger partial charge >= 0.3 is 5.69 Å². The highest BCUT2D eigenvalue weighted by molar-refractivity contribution is 7.89. The third-order valence-electron chi connectivity index (χ3n) is 3.60. The molecule has 0 aliphatic rings. The number of anilines is 1. The summed E-state index contributed by atoms with van der Waals surface area (Å²) in [4.78, 5) is 9.88. The van der Waals surface area contributed by atoms with Crippen molar-refractivity contribution in [1.82, 2.24) is 4.72 Å². The molecule has 0 amide bonds. The maximum Gasteiger partial charge on any atom is 0.312 e. The van der Waals surface area contributed by atoms with Crippen LogP contribution in [0.2, 0.25) is 0 Å². The number of hydrogen-bond donors (Lipinski definition) is 2. The Morgan fingerprint density at radius 1 is 1.33 bits per heavy atom. The number of nitro groups is 1. The van der Waals surface area contributed by atoms with Crippen LogP contribution in [0.3, 0.4) is 0 Å². The van der Waals surface area contributed by atoms with Crippen molar-refractivity contribution in [3.05, 3.63) is 28.3 Å². The van der Waals surface area contributed by atoms with E-state index < -0.39 is 25.5 Å². The Kier molecular flexibility index (Phi) is 5.68. The van der Waals surface area contributed by atoms with E-state index in [0.717, 1.165) is 12.8 Å². The lowest BCUT2D eigenvalue weighted by molar-refractivity contribution is -0.386. The number of sulfonamides is 1. The molecule has 0 aliphatic carbocycles. The highest BCUT2D eigenvalue weighted by Gasteiger charge is 2.30. The van der Waals surface area contributed by atoms with Crippen molar-refractivity contribution < 1.29 is 13.3 Å². The van der Waals surface area contributed by atoms with E-state index in [0.29, 0.717) is 0 Å². The largest absolute Gasteiger partial charge is 0.393 e. The van der Waals surface area contributed by atoms with Crippen LogP contribution in [-0.4, -0.2) is 19.4 Å². The summed E-state index contributed by atoms with van der Waals surface area (Å²) in [5.41, 5.74) is 4.78. The molecule has 1 aromatic carbocycles. The normalized spacial score (nSPS) is 13.3. The van der Waals surface area contributed by atoms with Gasteiger partial charge in [-0.05, 0) is 25.0 Å². The number of nitrogens with two attached hydrogens (primary N) is 1. The van der Waals surface area contributed by atoms with Crippen LogP contribution in [0.1, 0.15) is 33.6 Å². The maximum atomic E-state index is 12.4. The summed E-state index contributed by atoms with van der Waals surface area (Å²) < 4.78 is 27.3. The first-order chi connectivity index (χ1) is 9.74. The van der Waals surface area contributed by atoms with E-state index in [2.05, 4.69) is 4.72 Å². The fourth-order valence-corrected chi connectivity index (χ4v) is 3.87. The van der Waals surface area contributed by atoms with Gasteiger partial charge in [-0.2, -0.15) is 0 Å². The number of nitrogens with one attached hydrogen (secondary N) is 1. The van der Waals surface area contributed by atoms with E-state index in [1.165, 1.54) is 18.2 Å². The molecular formula is C13H21N3O4S. The summed E-state index contributed by atoms with van der Waals surface area (Å²) in [5, 5.41) is 11.1. The Morgan fingerprint density at radius 2 is 1.90 bits per heavy atom. The Hall–Kier alpha value is -1.67. The molecule has 0 fully saturated rings. The summed E-state index contributed by atoms with van der Waals surface area (Å²) >= 11 is 0. The highest BCUT2D eigenvalue weighted by Crippen LogP contribution is 2.30. The molecule has 0 spiro atoms. The van der Waals surface area contributed by atoms with Crippen LogP contribution in [0.5, 0.6) is 0 Å². The summed E-state index contributed by atoms with van der Waals surface area (Å²) in [6.45, 7) is 5.71. The quantitative estimate of drug-likeness (QED) is 0.455. The number of nitro benzene ring substituents is 1. The second kappa shape index (κ2) is 6.86. The number of nitrogens with zero attached hydrogens (tertiary/aromatic N) is 1. The second-order valence-corrected chi connectivity index (χ2v) is 6.62. The molecule has 0 bridgehead atoms. The molecule has 0 saturated carbocycles. The molecule has 1 atom stereocenters.